The van der Waals surface area contributed by atoms with Gasteiger partial charge in [-0.1, -0.05) is 31.2 Å². The second-order valence-electron chi connectivity index (χ2n) is 7.76. The van der Waals surface area contributed by atoms with E-state index in [2.05, 4.69) is 53.7 Å². The van der Waals surface area contributed by atoms with Gasteiger partial charge in [0.15, 0.2) is 5.84 Å². The average Bonchev–Trinajstić information content (AvgIpc) is 3.33. The van der Waals surface area contributed by atoms with Gasteiger partial charge in [0, 0.05) is 41.9 Å². The Morgan fingerprint density at radius 3 is 2.84 bits per heavy atom. The molecule has 32 heavy (non-hydrogen) atoms. The Labute approximate surface area is 189 Å². The number of aliphatic imine (C=N–C) groups is 4. The van der Waals surface area contributed by atoms with Gasteiger partial charge in [-0.3, -0.25) is 14.8 Å². The number of hydrogen-bond acceptors (Lipinski definition) is 7. The van der Waals surface area contributed by atoms with E-state index < -0.39 is 5.38 Å². The number of dihydropyridines is 1. The Balaban J connectivity index is 1.34. The van der Waals surface area contributed by atoms with Crippen LogP contribution in [0.5, 0.6) is 0 Å². The summed E-state index contributed by atoms with van der Waals surface area (Å²) in [6.45, 7) is 2.67. The van der Waals surface area contributed by atoms with E-state index >= 15 is 0 Å². The first-order valence-corrected chi connectivity index (χ1v) is 10.8. The quantitative estimate of drug-likeness (QED) is 0.716. The van der Waals surface area contributed by atoms with E-state index in [0.29, 0.717) is 30.2 Å². The van der Waals surface area contributed by atoms with Crippen molar-refractivity contribution in [2.45, 2.75) is 31.2 Å². The van der Waals surface area contributed by atoms with Crippen molar-refractivity contribution in [3.63, 3.8) is 0 Å². The van der Waals surface area contributed by atoms with E-state index in [9.17, 15) is 4.79 Å². The van der Waals surface area contributed by atoms with Gasteiger partial charge in [0.05, 0.1) is 25.0 Å². The molecule has 5 rings (SSSR count). The number of carbonyl (C=O) groups is 1. The van der Waals surface area contributed by atoms with E-state index in [0.717, 1.165) is 23.3 Å². The summed E-state index contributed by atoms with van der Waals surface area (Å²) in [6, 6.07) is -0.204. The highest BCUT2D eigenvalue weighted by Crippen LogP contribution is 2.30. The smallest absolute Gasteiger partial charge is 0.270 e. The molecule has 1 amide bonds. The molecule has 1 aromatic heterocycles. The number of hydrogen-bond donors (Lipinski definition) is 1. The Morgan fingerprint density at radius 1 is 1.19 bits per heavy atom. The first-order chi connectivity index (χ1) is 15.6. The zero-order valence-corrected chi connectivity index (χ0v) is 18.1. The maximum absolute atomic E-state index is 13.1. The van der Waals surface area contributed by atoms with Crippen LogP contribution in [0, 0.1) is 5.92 Å². The molecule has 3 unspecified atom stereocenters. The number of rotatable bonds is 3. The molecule has 0 saturated carbocycles. The molecular formula is C22H21ClN8O. The zero-order chi connectivity index (χ0) is 22.1. The summed E-state index contributed by atoms with van der Waals surface area (Å²) in [6.07, 6.45) is 15.7. The predicted molar refractivity (Wildman–Crippen MR) is 124 cm³/mol. The van der Waals surface area contributed by atoms with Crippen LogP contribution < -0.4 is 5.32 Å². The number of carbonyl (C=O) groups excluding carboxylic acids is 1. The highest BCUT2D eigenvalue weighted by molar-refractivity contribution is 6.41. The topological polar surface area (TPSA) is 109 Å². The van der Waals surface area contributed by atoms with Crippen molar-refractivity contribution in [2.75, 3.05) is 6.54 Å². The lowest BCUT2D eigenvalue weighted by Gasteiger charge is -2.29. The van der Waals surface area contributed by atoms with Gasteiger partial charge in [0.1, 0.15) is 17.4 Å². The first kappa shape index (κ1) is 20.4. The fourth-order valence-electron chi connectivity index (χ4n) is 4.14. The van der Waals surface area contributed by atoms with Crippen molar-refractivity contribution >= 4 is 41.1 Å². The first-order valence-electron chi connectivity index (χ1n) is 10.4. The second-order valence-corrected chi connectivity index (χ2v) is 8.29. The lowest BCUT2D eigenvalue weighted by Crippen LogP contribution is -2.42. The van der Waals surface area contributed by atoms with Gasteiger partial charge in [-0.25, -0.2) is 9.98 Å². The SMILES string of the molecule is CC1C(C(=O)NC2=CN=C(n3nccn3)C(Cl)C2)=NC=NC1C1=C2C=CCN=C2CC=C1. The Hall–Kier alpha value is -3.46. The van der Waals surface area contributed by atoms with E-state index in [-0.39, 0.29) is 17.9 Å². The number of alkyl halides is 1. The lowest BCUT2D eigenvalue weighted by molar-refractivity contribution is -0.114. The van der Waals surface area contributed by atoms with Crippen molar-refractivity contribution in [2.24, 2.45) is 25.9 Å². The van der Waals surface area contributed by atoms with Crippen LogP contribution in [-0.4, -0.2) is 62.5 Å². The van der Waals surface area contributed by atoms with Gasteiger partial charge in [-0.15, -0.1) is 16.4 Å². The largest absolute Gasteiger partial charge is 0.323 e. The summed E-state index contributed by atoms with van der Waals surface area (Å²) in [5, 5.41) is 10.6. The molecule has 9 nitrogen and oxygen atoms in total. The van der Waals surface area contributed by atoms with E-state index in [1.807, 2.05) is 13.0 Å². The lowest BCUT2D eigenvalue weighted by atomic mass is 9.82. The molecule has 3 aliphatic heterocycles. The third-order valence-corrected chi connectivity index (χ3v) is 6.06. The fraction of sp³-hybridized carbons (Fsp3) is 0.318. The highest BCUT2D eigenvalue weighted by atomic mass is 35.5. The summed E-state index contributed by atoms with van der Waals surface area (Å²) < 4.78 is 0. The van der Waals surface area contributed by atoms with Crippen LogP contribution in [0.2, 0.25) is 0 Å². The van der Waals surface area contributed by atoms with Gasteiger partial charge < -0.3 is 5.32 Å². The number of allylic oxidation sites excluding steroid dienone is 4. The van der Waals surface area contributed by atoms with Gasteiger partial charge in [-0.2, -0.15) is 10.2 Å². The zero-order valence-electron chi connectivity index (χ0n) is 17.4. The van der Waals surface area contributed by atoms with Gasteiger partial charge in [-0.05, 0) is 5.57 Å². The van der Waals surface area contributed by atoms with Crippen LogP contribution in [0.4, 0.5) is 0 Å². The molecule has 1 N–H and O–H groups in total. The summed E-state index contributed by atoms with van der Waals surface area (Å²) in [4.78, 5) is 32.3. The molecule has 1 aliphatic carbocycles. The van der Waals surface area contributed by atoms with Gasteiger partial charge >= 0.3 is 0 Å². The van der Waals surface area contributed by atoms with E-state index in [1.165, 1.54) is 11.1 Å². The number of amides is 1. The van der Waals surface area contributed by atoms with E-state index in [4.69, 9.17) is 11.6 Å². The number of nitrogens with one attached hydrogen (secondary N) is 1. The molecule has 10 heteroatoms. The normalized spacial score (nSPS) is 26.8. The summed E-state index contributed by atoms with van der Waals surface area (Å²) in [7, 11) is 0. The Bertz CT molecular complexity index is 1180. The number of halogens is 1. The van der Waals surface area contributed by atoms with Crippen molar-refractivity contribution in [3.8, 4) is 0 Å². The molecule has 1 aromatic rings. The third-order valence-electron chi connectivity index (χ3n) is 5.71. The number of aromatic nitrogens is 3. The standard InChI is InChI=1S/C22H21ClN8O/c1-13-19(16-4-2-6-18-15(16)5-3-7-24-18)26-12-27-20(13)22(32)30-14-10-17(23)21(25-11-14)31-28-8-9-29-31/h2-5,8-9,11-13,17,19H,6-7,10H2,1H3,(H,30,32). The van der Waals surface area contributed by atoms with Crippen molar-refractivity contribution in [3.05, 3.63) is 59.7 Å². The molecular weight excluding hydrogens is 428 g/mol. The molecule has 0 fully saturated rings. The van der Waals surface area contributed by atoms with Crippen molar-refractivity contribution < 1.29 is 4.79 Å². The van der Waals surface area contributed by atoms with Gasteiger partial charge in [0.2, 0.25) is 0 Å². The molecule has 4 aliphatic rings. The van der Waals surface area contributed by atoms with E-state index in [1.54, 1.807) is 18.6 Å². The monoisotopic (exact) mass is 448 g/mol. The van der Waals surface area contributed by atoms with Crippen LogP contribution in [-0.2, 0) is 4.79 Å². The van der Waals surface area contributed by atoms with Crippen molar-refractivity contribution in [1.82, 2.24) is 20.3 Å². The molecule has 3 atom stereocenters. The molecule has 0 bridgehead atoms. The molecule has 0 radical (unpaired) electrons. The predicted octanol–water partition coefficient (Wildman–Crippen LogP) is 2.25. The van der Waals surface area contributed by atoms with Crippen LogP contribution in [0.15, 0.2) is 79.7 Å². The minimum Gasteiger partial charge on any atom is -0.323 e. The van der Waals surface area contributed by atoms with Crippen LogP contribution in [0.1, 0.15) is 19.8 Å². The van der Waals surface area contributed by atoms with Crippen LogP contribution >= 0.6 is 11.6 Å². The number of nitrogens with zero attached hydrogens (tertiary/aromatic N) is 7. The summed E-state index contributed by atoms with van der Waals surface area (Å²) >= 11 is 6.45. The minimum atomic E-state index is -0.460. The van der Waals surface area contributed by atoms with Crippen molar-refractivity contribution in [1.29, 1.82) is 0 Å². The summed E-state index contributed by atoms with van der Waals surface area (Å²) in [5.74, 6) is 0.0315. The maximum atomic E-state index is 13.1. The molecule has 0 spiro atoms. The number of fused-ring (bicyclic) bond motifs is 1. The van der Waals surface area contributed by atoms with Crippen LogP contribution in [0.3, 0.4) is 0 Å². The third kappa shape index (κ3) is 3.80. The average molecular weight is 449 g/mol. The molecule has 0 aromatic carbocycles. The highest BCUT2D eigenvalue weighted by Gasteiger charge is 2.33. The summed E-state index contributed by atoms with van der Waals surface area (Å²) in [5.41, 5.74) is 4.27. The Morgan fingerprint density at radius 2 is 2.03 bits per heavy atom. The Kier molecular flexibility index (Phi) is 5.48. The minimum absolute atomic E-state index is 0.204. The second kappa shape index (κ2) is 8.58. The fourth-order valence-corrected chi connectivity index (χ4v) is 4.45. The molecule has 4 heterocycles. The molecule has 0 saturated heterocycles. The maximum Gasteiger partial charge on any atom is 0.270 e. The molecule has 162 valence electrons. The van der Waals surface area contributed by atoms with Gasteiger partial charge in [0.25, 0.3) is 5.91 Å². The van der Waals surface area contributed by atoms with Crippen LogP contribution in [0.25, 0.3) is 0 Å².